The maximum Gasteiger partial charge on any atom is 0.226 e. The third-order valence-corrected chi connectivity index (χ3v) is 3.73. The van der Waals surface area contributed by atoms with Crippen LogP contribution in [-0.4, -0.2) is 37.6 Å². The molecule has 0 aromatic carbocycles. The van der Waals surface area contributed by atoms with Gasteiger partial charge in [-0.2, -0.15) is 0 Å². The quantitative estimate of drug-likeness (QED) is 0.785. The standard InChI is InChI=1S/C12H17NO2S/c1-9-6-13(7-10(2)15-9)8-11(14)12-4-3-5-16-12/h3-5,9-10H,6-8H2,1-2H3/p+1/t9-,10+. The van der Waals surface area contributed by atoms with Gasteiger partial charge in [-0.05, 0) is 25.3 Å². The lowest BCUT2D eigenvalue weighted by Gasteiger charge is -2.31. The summed E-state index contributed by atoms with van der Waals surface area (Å²) in [4.78, 5) is 14.1. The molecule has 4 heteroatoms. The third kappa shape index (κ3) is 2.90. The van der Waals surface area contributed by atoms with Gasteiger partial charge in [0.2, 0.25) is 5.78 Å². The molecule has 0 aliphatic carbocycles. The predicted molar refractivity (Wildman–Crippen MR) is 64.2 cm³/mol. The Kier molecular flexibility index (Phi) is 3.74. The number of nitrogens with one attached hydrogen (secondary N) is 1. The molecule has 0 amide bonds. The van der Waals surface area contributed by atoms with Gasteiger partial charge >= 0.3 is 0 Å². The first kappa shape index (κ1) is 11.8. The monoisotopic (exact) mass is 240 g/mol. The number of carbonyl (C=O) groups is 1. The first-order chi connectivity index (χ1) is 7.65. The number of hydrogen-bond acceptors (Lipinski definition) is 3. The molecule has 0 bridgehead atoms. The van der Waals surface area contributed by atoms with Gasteiger partial charge in [-0.25, -0.2) is 0 Å². The molecule has 0 radical (unpaired) electrons. The van der Waals surface area contributed by atoms with Crippen molar-refractivity contribution in [1.29, 1.82) is 0 Å². The van der Waals surface area contributed by atoms with E-state index < -0.39 is 0 Å². The van der Waals surface area contributed by atoms with Gasteiger partial charge in [-0.15, -0.1) is 11.3 Å². The van der Waals surface area contributed by atoms with Crippen molar-refractivity contribution in [3.63, 3.8) is 0 Å². The molecular formula is C12H18NO2S+. The largest absolute Gasteiger partial charge is 0.364 e. The zero-order valence-electron chi connectivity index (χ0n) is 9.73. The highest BCUT2D eigenvalue weighted by atomic mass is 32.1. The summed E-state index contributed by atoms with van der Waals surface area (Å²) in [7, 11) is 0. The first-order valence-electron chi connectivity index (χ1n) is 5.71. The minimum absolute atomic E-state index is 0.256. The normalized spacial score (nSPS) is 30.2. The topological polar surface area (TPSA) is 30.7 Å². The third-order valence-electron chi connectivity index (χ3n) is 2.82. The van der Waals surface area contributed by atoms with Crippen LogP contribution < -0.4 is 4.90 Å². The zero-order chi connectivity index (χ0) is 11.5. The average Bonchev–Trinajstić information content (AvgIpc) is 2.68. The summed E-state index contributed by atoms with van der Waals surface area (Å²) >= 11 is 1.53. The fourth-order valence-corrected chi connectivity index (χ4v) is 2.95. The van der Waals surface area contributed by atoms with E-state index in [1.807, 2.05) is 17.5 Å². The van der Waals surface area contributed by atoms with E-state index in [1.54, 1.807) is 0 Å². The number of ketones is 1. The molecule has 2 rings (SSSR count). The first-order valence-corrected chi connectivity index (χ1v) is 6.59. The molecule has 3 nitrogen and oxygen atoms in total. The van der Waals surface area contributed by atoms with Crippen LogP contribution in [0.3, 0.4) is 0 Å². The SMILES string of the molecule is C[C@@H]1C[NH+](CC(=O)c2cccs2)C[C@H](C)O1. The lowest BCUT2D eigenvalue weighted by molar-refractivity contribution is -0.906. The van der Waals surface area contributed by atoms with Crippen molar-refractivity contribution in [3.8, 4) is 0 Å². The molecule has 1 aromatic rings. The maximum absolute atomic E-state index is 11.9. The minimum atomic E-state index is 0.256. The van der Waals surface area contributed by atoms with Crippen LogP contribution in [0, 0.1) is 0 Å². The highest BCUT2D eigenvalue weighted by Crippen LogP contribution is 2.08. The van der Waals surface area contributed by atoms with Gasteiger partial charge in [-0.3, -0.25) is 4.79 Å². The van der Waals surface area contributed by atoms with E-state index in [2.05, 4.69) is 13.8 Å². The maximum atomic E-state index is 11.9. The van der Waals surface area contributed by atoms with Crippen LogP contribution in [0.1, 0.15) is 23.5 Å². The van der Waals surface area contributed by atoms with Gasteiger partial charge in [-0.1, -0.05) is 6.07 Å². The van der Waals surface area contributed by atoms with Crippen LogP contribution in [0.15, 0.2) is 17.5 Å². The van der Waals surface area contributed by atoms with Gasteiger partial charge in [0.05, 0.1) is 4.88 Å². The molecule has 3 atom stereocenters. The van der Waals surface area contributed by atoms with E-state index in [0.717, 1.165) is 18.0 Å². The van der Waals surface area contributed by atoms with Gasteiger partial charge in [0, 0.05) is 0 Å². The fourth-order valence-electron chi connectivity index (χ4n) is 2.28. The molecule has 88 valence electrons. The van der Waals surface area contributed by atoms with Crippen LogP contribution in [0.5, 0.6) is 0 Å². The van der Waals surface area contributed by atoms with Crippen LogP contribution in [-0.2, 0) is 4.74 Å². The molecule has 1 saturated heterocycles. The van der Waals surface area contributed by atoms with E-state index in [4.69, 9.17) is 4.74 Å². The molecule has 16 heavy (non-hydrogen) atoms. The predicted octanol–water partition coefficient (Wildman–Crippen LogP) is 0.623. The van der Waals surface area contributed by atoms with Crippen molar-refractivity contribution in [2.45, 2.75) is 26.1 Å². The van der Waals surface area contributed by atoms with Crippen molar-refractivity contribution >= 4 is 17.1 Å². The van der Waals surface area contributed by atoms with Crippen molar-refractivity contribution in [1.82, 2.24) is 0 Å². The van der Waals surface area contributed by atoms with Crippen LogP contribution in [0.25, 0.3) is 0 Å². The number of Topliss-reactive ketones (excluding diaryl/α,β-unsaturated/α-hetero) is 1. The van der Waals surface area contributed by atoms with Crippen LogP contribution >= 0.6 is 11.3 Å². The highest BCUT2D eigenvalue weighted by Gasteiger charge is 2.27. The Bertz CT molecular complexity index is 340. The van der Waals surface area contributed by atoms with Crippen molar-refractivity contribution in [3.05, 3.63) is 22.4 Å². The highest BCUT2D eigenvalue weighted by molar-refractivity contribution is 7.12. The summed E-state index contributed by atoms with van der Waals surface area (Å²) in [6.07, 6.45) is 0.518. The van der Waals surface area contributed by atoms with Gasteiger partial charge in [0.15, 0.2) is 0 Å². The van der Waals surface area contributed by atoms with Gasteiger partial charge < -0.3 is 9.64 Å². The summed E-state index contributed by atoms with van der Waals surface area (Å²) < 4.78 is 5.66. The van der Waals surface area contributed by atoms with E-state index in [9.17, 15) is 4.79 Å². The Hall–Kier alpha value is -0.710. The lowest BCUT2D eigenvalue weighted by atomic mass is 10.2. The molecule has 2 heterocycles. The molecule has 1 fully saturated rings. The Morgan fingerprint density at radius 3 is 2.75 bits per heavy atom. The summed E-state index contributed by atoms with van der Waals surface area (Å²) in [6, 6.07) is 3.83. The molecular weight excluding hydrogens is 222 g/mol. The molecule has 1 aromatic heterocycles. The number of quaternary nitrogens is 1. The number of rotatable bonds is 3. The Morgan fingerprint density at radius 1 is 1.50 bits per heavy atom. The van der Waals surface area contributed by atoms with Crippen LogP contribution in [0.2, 0.25) is 0 Å². The van der Waals surface area contributed by atoms with Crippen LogP contribution in [0.4, 0.5) is 0 Å². The number of morpholine rings is 1. The summed E-state index contributed by atoms with van der Waals surface area (Å²) in [5, 5.41) is 1.95. The smallest absolute Gasteiger partial charge is 0.226 e. The number of hydrogen-bond donors (Lipinski definition) is 1. The molecule has 0 saturated carbocycles. The Balaban J connectivity index is 1.92. The van der Waals surface area contributed by atoms with E-state index >= 15 is 0 Å². The van der Waals surface area contributed by atoms with Gasteiger partial charge in [0.25, 0.3) is 0 Å². The Labute approximate surface area is 100 Å². The lowest BCUT2D eigenvalue weighted by Crippen LogP contribution is -3.16. The summed E-state index contributed by atoms with van der Waals surface area (Å²) in [5.74, 6) is 0.256. The molecule has 1 aliphatic rings. The number of thiophene rings is 1. The summed E-state index contributed by atoms with van der Waals surface area (Å²) in [6.45, 7) is 6.61. The average molecular weight is 240 g/mol. The van der Waals surface area contributed by atoms with Gasteiger partial charge in [0.1, 0.15) is 31.8 Å². The van der Waals surface area contributed by atoms with Crippen molar-refractivity contribution in [2.24, 2.45) is 0 Å². The fraction of sp³-hybridized carbons (Fsp3) is 0.583. The second-order valence-electron chi connectivity index (χ2n) is 4.49. The van der Waals surface area contributed by atoms with E-state index in [-0.39, 0.29) is 18.0 Å². The van der Waals surface area contributed by atoms with Crippen molar-refractivity contribution in [2.75, 3.05) is 19.6 Å². The number of ether oxygens (including phenoxy) is 1. The molecule has 0 spiro atoms. The van der Waals surface area contributed by atoms with E-state index in [1.165, 1.54) is 16.2 Å². The minimum Gasteiger partial charge on any atom is -0.364 e. The van der Waals surface area contributed by atoms with Crippen molar-refractivity contribution < 1.29 is 14.4 Å². The second-order valence-corrected chi connectivity index (χ2v) is 5.44. The molecule has 1 N–H and O–H groups in total. The number of carbonyl (C=O) groups excluding carboxylic acids is 1. The van der Waals surface area contributed by atoms with E-state index in [0.29, 0.717) is 6.54 Å². The zero-order valence-corrected chi connectivity index (χ0v) is 10.5. The molecule has 1 aliphatic heterocycles. The molecule has 1 unspecified atom stereocenters. The Morgan fingerprint density at radius 2 is 2.19 bits per heavy atom. The second kappa shape index (κ2) is 5.08. The summed E-state index contributed by atoms with van der Waals surface area (Å²) in [5.41, 5.74) is 0.